The van der Waals surface area contributed by atoms with E-state index in [1.807, 2.05) is 30.5 Å². The van der Waals surface area contributed by atoms with Crippen LogP contribution in [0.25, 0.3) is 11.1 Å². The van der Waals surface area contributed by atoms with Crippen LogP contribution in [0.3, 0.4) is 0 Å². The number of halogens is 1. The van der Waals surface area contributed by atoms with E-state index >= 15 is 0 Å². The number of benzene rings is 1. The normalized spacial score (nSPS) is 14.8. The van der Waals surface area contributed by atoms with Crippen LogP contribution in [0.1, 0.15) is 11.1 Å². The number of nitrogens with two attached hydrogens (primary N) is 1. The van der Waals surface area contributed by atoms with E-state index in [1.165, 1.54) is 11.8 Å². The van der Waals surface area contributed by atoms with Crippen molar-refractivity contribution in [1.82, 2.24) is 14.9 Å². The SMILES string of the molecule is CN1CCN(c2cc(-c3cc(Cl)c(Sc4ncccc4CO)c(CN)c3)ccn2)CC1. The first-order valence-corrected chi connectivity index (χ1v) is 11.4. The standard InChI is InChI=1S/C23H26ClN5OS/c1-28-7-9-29(10-8-28)21-13-16(4-6-26-21)18-11-19(14-25)22(20(24)12-18)31-23-17(15-30)3-2-5-27-23/h2-6,11-13,30H,7-10,14-15,25H2,1H3. The number of hydrogen-bond donors (Lipinski definition) is 2. The zero-order valence-electron chi connectivity index (χ0n) is 17.5. The molecule has 31 heavy (non-hydrogen) atoms. The Hall–Kier alpha value is -2.16. The molecule has 162 valence electrons. The quantitative estimate of drug-likeness (QED) is 0.587. The fourth-order valence-corrected chi connectivity index (χ4v) is 4.98. The van der Waals surface area contributed by atoms with E-state index in [2.05, 4.69) is 38.9 Å². The zero-order chi connectivity index (χ0) is 21.8. The monoisotopic (exact) mass is 455 g/mol. The Morgan fingerprint density at radius 3 is 2.58 bits per heavy atom. The number of aromatic nitrogens is 2. The van der Waals surface area contributed by atoms with Crippen LogP contribution in [0.5, 0.6) is 0 Å². The van der Waals surface area contributed by atoms with Crippen molar-refractivity contribution in [3.63, 3.8) is 0 Å². The minimum absolute atomic E-state index is 0.0735. The Bertz CT molecular complexity index is 1060. The molecule has 0 bridgehead atoms. The lowest BCUT2D eigenvalue weighted by Crippen LogP contribution is -2.44. The van der Waals surface area contributed by atoms with Crippen molar-refractivity contribution >= 4 is 29.2 Å². The molecule has 0 unspecified atom stereocenters. The maximum absolute atomic E-state index is 9.61. The number of pyridine rings is 2. The summed E-state index contributed by atoms with van der Waals surface area (Å²) in [7, 11) is 2.14. The molecule has 1 aliphatic heterocycles. The van der Waals surface area contributed by atoms with Crippen molar-refractivity contribution in [2.24, 2.45) is 5.73 Å². The van der Waals surface area contributed by atoms with Crippen LogP contribution in [-0.4, -0.2) is 53.2 Å². The highest BCUT2D eigenvalue weighted by Crippen LogP contribution is 2.39. The lowest BCUT2D eigenvalue weighted by atomic mass is 10.0. The van der Waals surface area contributed by atoms with Crippen molar-refractivity contribution < 1.29 is 5.11 Å². The molecule has 3 heterocycles. The van der Waals surface area contributed by atoms with Crippen molar-refractivity contribution in [3.05, 3.63) is 64.9 Å². The van der Waals surface area contributed by atoms with Gasteiger partial charge in [-0.15, -0.1) is 0 Å². The number of hydrogen-bond acceptors (Lipinski definition) is 7. The smallest absolute Gasteiger partial charge is 0.129 e. The second kappa shape index (κ2) is 9.97. The van der Waals surface area contributed by atoms with Gasteiger partial charge in [-0.25, -0.2) is 9.97 Å². The van der Waals surface area contributed by atoms with Crippen LogP contribution in [0.4, 0.5) is 5.82 Å². The van der Waals surface area contributed by atoms with Gasteiger partial charge in [-0.2, -0.15) is 0 Å². The van der Waals surface area contributed by atoms with Gasteiger partial charge in [0, 0.05) is 55.6 Å². The molecule has 3 aromatic rings. The second-order valence-electron chi connectivity index (χ2n) is 7.57. The fourth-order valence-electron chi connectivity index (χ4n) is 3.62. The molecular formula is C23H26ClN5OS. The summed E-state index contributed by atoms with van der Waals surface area (Å²) in [4.78, 5) is 14.5. The molecule has 1 aliphatic rings. The molecule has 0 saturated carbocycles. The molecule has 1 fully saturated rings. The number of aliphatic hydroxyl groups is 1. The first-order valence-electron chi connectivity index (χ1n) is 10.2. The largest absolute Gasteiger partial charge is 0.392 e. The molecule has 6 nitrogen and oxygen atoms in total. The number of anilines is 1. The molecule has 2 aromatic heterocycles. The number of rotatable bonds is 6. The first kappa shape index (κ1) is 22.0. The summed E-state index contributed by atoms with van der Waals surface area (Å²) in [6.45, 7) is 4.28. The van der Waals surface area contributed by atoms with Crippen molar-refractivity contribution in [2.75, 3.05) is 38.1 Å². The summed E-state index contributed by atoms with van der Waals surface area (Å²) < 4.78 is 0. The highest BCUT2D eigenvalue weighted by molar-refractivity contribution is 7.99. The summed E-state index contributed by atoms with van der Waals surface area (Å²) in [5.41, 5.74) is 9.86. The number of nitrogens with zero attached hydrogens (tertiary/aromatic N) is 4. The molecule has 3 N–H and O–H groups in total. The van der Waals surface area contributed by atoms with Crippen LogP contribution in [0.15, 0.2) is 58.7 Å². The second-order valence-corrected chi connectivity index (χ2v) is 8.98. The van der Waals surface area contributed by atoms with Gasteiger partial charge in [0.15, 0.2) is 0 Å². The lowest BCUT2D eigenvalue weighted by Gasteiger charge is -2.33. The van der Waals surface area contributed by atoms with Crippen molar-refractivity contribution in [1.29, 1.82) is 0 Å². The van der Waals surface area contributed by atoms with Gasteiger partial charge in [-0.3, -0.25) is 0 Å². The first-order chi connectivity index (χ1) is 15.1. The van der Waals surface area contributed by atoms with Gasteiger partial charge in [0.25, 0.3) is 0 Å². The van der Waals surface area contributed by atoms with Gasteiger partial charge >= 0.3 is 0 Å². The molecule has 4 rings (SSSR count). The predicted molar refractivity (Wildman–Crippen MR) is 127 cm³/mol. The lowest BCUT2D eigenvalue weighted by molar-refractivity contribution is 0.278. The molecule has 8 heteroatoms. The third-order valence-corrected chi connectivity index (χ3v) is 7.12. The maximum Gasteiger partial charge on any atom is 0.129 e. The molecule has 0 amide bonds. The van der Waals surface area contributed by atoms with Crippen molar-refractivity contribution in [3.8, 4) is 11.1 Å². The van der Waals surface area contributed by atoms with E-state index in [0.717, 1.165) is 64.2 Å². The zero-order valence-corrected chi connectivity index (χ0v) is 19.0. The van der Waals surface area contributed by atoms with Gasteiger partial charge in [-0.05, 0) is 54.1 Å². The summed E-state index contributed by atoms with van der Waals surface area (Å²) in [6, 6.07) is 11.8. The van der Waals surface area contributed by atoms with E-state index in [1.54, 1.807) is 6.20 Å². The van der Waals surface area contributed by atoms with E-state index in [9.17, 15) is 5.11 Å². The average molecular weight is 456 g/mol. The van der Waals surface area contributed by atoms with Crippen molar-refractivity contribution in [2.45, 2.75) is 23.1 Å². The topological polar surface area (TPSA) is 78.5 Å². The van der Waals surface area contributed by atoms with E-state index in [0.29, 0.717) is 11.6 Å². The Balaban J connectivity index is 1.65. The summed E-state index contributed by atoms with van der Waals surface area (Å²) >= 11 is 8.15. The maximum atomic E-state index is 9.61. The Kier molecular flexibility index (Phi) is 7.09. The van der Waals surface area contributed by atoms with E-state index in [-0.39, 0.29) is 6.61 Å². The van der Waals surface area contributed by atoms with Gasteiger partial charge in [0.05, 0.1) is 11.6 Å². The van der Waals surface area contributed by atoms with Gasteiger partial charge in [-0.1, -0.05) is 29.4 Å². The molecular weight excluding hydrogens is 430 g/mol. The third-order valence-electron chi connectivity index (χ3n) is 5.47. The molecule has 0 aliphatic carbocycles. The van der Waals surface area contributed by atoms with E-state index < -0.39 is 0 Å². The summed E-state index contributed by atoms with van der Waals surface area (Å²) in [5, 5.41) is 11.0. The van der Waals surface area contributed by atoms with Crippen LogP contribution in [0, 0.1) is 0 Å². The summed E-state index contributed by atoms with van der Waals surface area (Å²) in [6.07, 6.45) is 3.56. The summed E-state index contributed by atoms with van der Waals surface area (Å²) in [5.74, 6) is 0.982. The van der Waals surface area contributed by atoms with Crippen LogP contribution in [-0.2, 0) is 13.2 Å². The number of likely N-dealkylation sites (N-methyl/N-ethyl adjacent to an activating group) is 1. The minimum atomic E-state index is -0.0735. The molecule has 0 spiro atoms. The highest BCUT2D eigenvalue weighted by Gasteiger charge is 2.17. The van der Waals surface area contributed by atoms with Crippen LogP contribution < -0.4 is 10.6 Å². The number of piperazine rings is 1. The third kappa shape index (κ3) is 5.02. The molecule has 1 saturated heterocycles. The number of aliphatic hydroxyl groups excluding tert-OH is 1. The Morgan fingerprint density at radius 1 is 1.03 bits per heavy atom. The highest BCUT2D eigenvalue weighted by atomic mass is 35.5. The molecule has 1 aromatic carbocycles. The van der Waals surface area contributed by atoms with Crippen LogP contribution >= 0.6 is 23.4 Å². The predicted octanol–water partition coefficient (Wildman–Crippen LogP) is 3.65. The molecule has 0 radical (unpaired) electrons. The van der Waals surface area contributed by atoms with Crippen LogP contribution in [0.2, 0.25) is 5.02 Å². The van der Waals surface area contributed by atoms with Gasteiger partial charge < -0.3 is 20.6 Å². The minimum Gasteiger partial charge on any atom is -0.392 e. The Labute approximate surface area is 192 Å². The van der Waals surface area contributed by atoms with E-state index in [4.69, 9.17) is 17.3 Å². The molecule has 0 atom stereocenters. The van der Waals surface area contributed by atoms with Gasteiger partial charge in [0.2, 0.25) is 0 Å². The Morgan fingerprint density at radius 2 is 1.84 bits per heavy atom. The van der Waals surface area contributed by atoms with Gasteiger partial charge in [0.1, 0.15) is 10.8 Å². The fraction of sp³-hybridized carbons (Fsp3) is 0.304. The average Bonchev–Trinajstić information content (AvgIpc) is 2.81.